The first-order chi connectivity index (χ1) is 20.2. The highest BCUT2D eigenvalue weighted by Gasteiger charge is 2.85. The molecule has 0 aromatic heterocycles. The smallest absolute Gasteiger partial charge is 0.159 e. The van der Waals surface area contributed by atoms with Gasteiger partial charge in [0.1, 0.15) is 0 Å². The number of carbonyl (C=O) groups is 1. The average Bonchev–Trinajstić information content (AvgIpc) is 3.90. The molecule has 12 unspecified atom stereocenters. The molecule has 6 aliphatic carbocycles. The number of nitrogen functional groups attached to an aromatic ring is 1. The second-order valence-corrected chi connectivity index (χ2v) is 17.1. The number of benzene rings is 1. The molecule has 6 aliphatic rings. The van der Waals surface area contributed by atoms with Crippen molar-refractivity contribution in [2.45, 2.75) is 106 Å². The molecule has 1 aromatic rings. The molecule has 6 saturated carbocycles. The Labute approximate surface area is 261 Å². The number of nitrogens with zero attached hydrogens (tertiary/aromatic N) is 1. The number of aliphatic hydroxyl groups is 1. The van der Waals surface area contributed by atoms with Gasteiger partial charge in [0, 0.05) is 36.3 Å². The van der Waals surface area contributed by atoms with Crippen LogP contribution in [0.4, 0.5) is 11.4 Å². The number of ketones is 1. The van der Waals surface area contributed by atoms with Crippen LogP contribution in [0.1, 0.15) is 91.2 Å². The second kappa shape index (κ2) is 9.36. The van der Waals surface area contributed by atoms with E-state index in [-0.39, 0.29) is 11.2 Å². The van der Waals surface area contributed by atoms with Crippen molar-refractivity contribution in [1.29, 1.82) is 0 Å². The number of carbonyl (C=O) groups excluding carboxylic acids is 1. The lowest BCUT2D eigenvalue weighted by atomic mass is 9.45. The first kappa shape index (κ1) is 29.9. The van der Waals surface area contributed by atoms with Crippen molar-refractivity contribution in [3.05, 3.63) is 35.4 Å². The Morgan fingerprint density at radius 1 is 1.14 bits per heavy atom. The first-order valence-electron chi connectivity index (χ1n) is 17.7. The van der Waals surface area contributed by atoms with E-state index in [1.807, 2.05) is 0 Å². The number of rotatable bonds is 8. The van der Waals surface area contributed by atoms with Gasteiger partial charge in [-0.25, -0.2) is 0 Å². The third-order valence-electron chi connectivity index (χ3n) is 15.6. The quantitative estimate of drug-likeness (QED) is 0.241. The van der Waals surface area contributed by atoms with E-state index in [1.54, 1.807) is 0 Å². The predicted molar refractivity (Wildman–Crippen MR) is 177 cm³/mol. The zero-order valence-electron chi connectivity index (χ0n) is 28.4. The molecule has 3 N–H and O–H groups in total. The monoisotopic (exact) mass is 586 g/mol. The van der Waals surface area contributed by atoms with E-state index < -0.39 is 5.60 Å². The normalized spacial score (nSPS) is 48.8. The predicted octanol–water partition coefficient (Wildman–Crippen LogP) is 7.84. The van der Waals surface area contributed by atoms with Gasteiger partial charge < -0.3 is 15.7 Å². The Hall–Kier alpha value is -1.81. The van der Waals surface area contributed by atoms with Gasteiger partial charge in [-0.3, -0.25) is 4.79 Å². The Balaban J connectivity index is 1.13. The zero-order valence-corrected chi connectivity index (χ0v) is 28.4. The topological polar surface area (TPSA) is 66.6 Å². The Morgan fingerprint density at radius 2 is 1.81 bits per heavy atom. The van der Waals surface area contributed by atoms with E-state index >= 15 is 0 Å². The highest BCUT2D eigenvalue weighted by Crippen LogP contribution is 2.84. The maximum absolute atomic E-state index is 13.7. The molecule has 0 aliphatic heterocycles. The minimum absolute atomic E-state index is 0.260. The number of aryl methyl sites for hydroxylation is 1. The van der Waals surface area contributed by atoms with Crippen molar-refractivity contribution in [1.82, 2.24) is 0 Å². The summed E-state index contributed by atoms with van der Waals surface area (Å²) in [5.74, 6) is 6.52. The fraction of sp³-hybridized carbons (Fsp3) is 0.769. The van der Waals surface area contributed by atoms with Gasteiger partial charge in [-0.15, -0.1) is 0 Å². The molecule has 6 fully saturated rings. The van der Waals surface area contributed by atoms with E-state index in [9.17, 15) is 9.90 Å². The molecule has 4 nitrogen and oxygen atoms in total. The molecular formula is C39H58N2O2. The Morgan fingerprint density at radius 3 is 2.44 bits per heavy atom. The molecule has 0 radical (unpaired) electrons. The molecule has 7 rings (SSSR count). The third-order valence-corrected chi connectivity index (χ3v) is 15.6. The third kappa shape index (κ3) is 3.68. The summed E-state index contributed by atoms with van der Waals surface area (Å²) in [5.41, 5.74) is 11.0. The lowest BCUT2D eigenvalue weighted by Crippen LogP contribution is -2.65. The summed E-state index contributed by atoms with van der Waals surface area (Å²) in [6, 6.07) is 4.79. The van der Waals surface area contributed by atoms with Crippen LogP contribution in [0.15, 0.2) is 24.3 Å². The van der Waals surface area contributed by atoms with Gasteiger partial charge in [-0.2, -0.15) is 0 Å². The molecular weight excluding hydrogens is 528 g/mol. The maximum atomic E-state index is 13.7. The molecule has 0 heterocycles. The maximum Gasteiger partial charge on any atom is 0.159 e. The Kier molecular flexibility index (Phi) is 6.51. The van der Waals surface area contributed by atoms with Gasteiger partial charge in [0.2, 0.25) is 0 Å². The van der Waals surface area contributed by atoms with Gasteiger partial charge in [0.05, 0.1) is 5.60 Å². The summed E-state index contributed by atoms with van der Waals surface area (Å²) in [7, 11) is 2.25. The van der Waals surface area contributed by atoms with Crippen LogP contribution in [0.2, 0.25) is 0 Å². The number of hydrogen-bond donors (Lipinski definition) is 2. The fourth-order valence-electron chi connectivity index (χ4n) is 13.0. The number of nitrogens with two attached hydrogens (primary N) is 1. The van der Waals surface area contributed by atoms with Crippen LogP contribution in [0.5, 0.6) is 0 Å². The fourth-order valence-corrected chi connectivity index (χ4v) is 13.0. The van der Waals surface area contributed by atoms with Crippen LogP contribution in [-0.4, -0.2) is 29.6 Å². The van der Waals surface area contributed by atoms with Gasteiger partial charge in [-0.05, 0) is 146 Å². The van der Waals surface area contributed by atoms with Crippen LogP contribution in [0.3, 0.4) is 0 Å². The lowest BCUT2D eigenvalue weighted by Gasteiger charge is -2.61. The largest absolute Gasteiger partial charge is 0.398 e. The van der Waals surface area contributed by atoms with E-state index in [0.717, 1.165) is 42.4 Å². The molecule has 1 spiro atoms. The highest BCUT2D eigenvalue weighted by molar-refractivity contribution is 5.98. The summed E-state index contributed by atoms with van der Waals surface area (Å²) in [6.45, 7) is 23.4. The molecule has 15 atom stereocenters. The van der Waals surface area contributed by atoms with E-state index in [1.165, 1.54) is 29.7 Å². The van der Waals surface area contributed by atoms with Gasteiger partial charge in [0.15, 0.2) is 5.78 Å². The minimum atomic E-state index is -0.675. The zero-order chi connectivity index (χ0) is 31.1. The molecule has 236 valence electrons. The van der Waals surface area contributed by atoms with Crippen molar-refractivity contribution < 1.29 is 9.90 Å². The van der Waals surface area contributed by atoms with E-state index in [2.05, 4.69) is 86.0 Å². The standard InChI is InChI=1S/C39H58N2O2/c1-11-27-23(6)29(15-21(4)41(10)33-13-19(2)12-32(40)24(33)7)37(9)35(36(27)37)22(5)26-16-34(42)25(8)38(18-26)30-17-31(30)39(38,43)28-14-20(28)3/h12-13,20-23,26-31,35-36,43H,8,11,14-18,40H2,1-7,9-10H3/t20-,21?,22?,23?,26?,27-,28?,29?,30?,31-,35?,36?,37?,38?,39?/m0/s1. The Bertz CT molecular complexity index is 1370. The number of hydrogen-bond acceptors (Lipinski definition) is 4. The first-order valence-corrected chi connectivity index (χ1v) is 17.7. The second-order valence-electron chi connectivity index (χ2n) is 17.1. The van der Waals surface area contributed by atoms with Crippen molar-refractivity contribution in [3.8, 4) is 0 Å². The van der Waals surface area contributed by atoms with Crippen molar-refractivity contribution in [2.24, 2.45) is 75.9 Å². The van der Waals surface area contributed by atoms with Crippen LogP contribution >= 0.6 is 0 Å². The highest BCUT2D eigenvalue weighted by atomic mass is 16.3. The number of fused-ring (bicyclic) bond motifs is 3. The minimum Gasteiger partial charge on any atom is -0.398 e. The van der Waals surface area contributed by atoms with Crippen LogP contribution in [0, 0.1) is 89.8 Å². The summed E-state index contributed by atoms with van der Waals surface area (Å²) in [5, 5.41) is 12.3. The number of anilines is 2. The molecule has 0 amide bonds. The van der Waals surface area contributed by atoms with Gasteiger partial charge in [0.25, 0.3) is 0 Å². The average molecular weight is 587 g/mol. The molecule has 0 saturated heterocycles. The van der Waals surface area contributed by atoms with Crippen LogP contribution < -0.4 is 10.6 Å². The van der Waals surface area contributed by atoms with Crippen molar-refractivity contribution in [2.75, 3.05) is 17.7 Å². The number of Topliss-reactive ketones (excluding diaryl/α,β-unsaturated/α-hetero) is 1. The molecule has 0 bridgehead atoms. The summed E-state index contributed by atoms with van der Waals surface area (Å²) < 4.78 is 0. The van der Waals surface area contributed by atoms with Crippen LogP contribution in [0.25, 0.3) is 0 Å². The van der Waals surface area contributed by atoms with Crippen molar-refractivity contribution in [3.63, 3.8) is 0 Å². The van der Waals surface area contributed by atoms with Crippen molar-refractivity contribution >= 4 is 17.2 Å². The lowest BCUT2D eigenvalue weighted by molar-refractivity contribution is -0.195. The summed E-state index contributed by atoms with van der Waals surface area (Å²) in [4.78, 5) is 16.2. The van der Waals surface area contributed by atoms with E-state index in [4.69, 9.17) is 5.73 Å². The summed E-state index contributed by atoms with van der Waals surface area (Å²) >= 11 is 0. The molecule has 4 heteroatoms. The van der Waals surface area contributed by atoms with Crippen LogP contribution in [-0.2, 0) is 4.79 Å². The van der Waals surface area contributed by atoms with Gasteiger partial charge >= 0.3 is 0 Å². The molecule has 1 aromatic carbocycles. The van der Waals surface area contributed by atoms with Gasteiger partial charge in [-0.1, -0.05) is 47.6 Å². The SMILES string of the molecule is C=C1C(=O)CC(C(C)C2C3[C@@H](CC)C(C)C(CC(C)N(C)c4cc(C)cc(N)c4C)C23C)CC12C1C[C@@H]1C2(O)C1C[C@@H]1C. The molecule has 43 heavy (non-hydrogen) atoms. The van der Waals surface area contributed by atoms with E-state index in [0.29, 0.717) is 71.1 Å². The summed E-state index contributed by atoms with van der Waals surface area (Å²) in [6.07, 6.45) is 6.27.